The molecule has 0 fully saturated rings. The van der Waals surface area contributed by atoms with Gasteiger partial charge in [-0.15, -0.1) is 6.58 Å². The number of hydrogen-bond acceptors (Lipinski definition) is 0. The highest BCUT2D eigenvalue weighted by molar-refractivity contribution is 5.06. The molecule has 0 rings (SSSR count). The zero-order valence-electron chi connectivity index (χ0n) is 8.98. The fourth-order valence-corrected chi connectivity index (χ4v) is 1.14. The van der Waals surface area contributed by atoms with Crippen LogP contribution in [0.4, 0.5) is 0 Å². The highest BCUT2D eigenvalue weighted by atomic mass is 14.1. The van der Waals surface area contributed by atoms with E-state index in [1.54, 1.807) is 0 Å². The Morgan fingerprint density at radius 1 is 1.33 bits per heavy atom. The van der Waals surface area contributed by atoms with Crippen molar-refractivity contribution < 1.29 is 0 Å². The Kier molecular flexibility index (Phi) is 5.79. The van der Waals surface area contributed by atoms with Crippen molar-refractivity contribution in [1.82, 2.24) is 0 Å². The Morgan fingerprint density at radius 3 is 2.25 bits per heavy atom. The van der Waals surface area contributed by atoms with E-state index in [0.717, 1.165) is 0 Å². The van der Waals surface area contributed by atoms with Gasteiger partial charge in [-0.25, -0.2) is 0 Å². The molecule has 70 valence electrons. The summed E-state index contributed by atoms with van der Waals surface area (Å²) in [6.07, 6.45) is 5.79. The summed E-state index contributed by atoms with van der Waals surface area (Å²) >= 11 is 0. The van der Waals surface area contributed by atoms with Crippen molar-refractivity contribution in [2.75, 3.05) is 0 Å². The van der Waals surface area contributed by atoms with Gasteiger partial charge in [0.2, 0.25) is 0 Å². The summed E-state index contributed by atoms with van der Waals surface area (Å²) in [7, 11) is 0. The van der Waals surface area contributed by atoms with Crippen LogP contribution in [0.15, 0.2) is 23.8 Å². The van der Waals surface area contributed by atoms with Crippen LogP contribution in [0.1, 0.15) is 47.0 Å². The predicted molar refractivity (Wildman–Crippen MR) is 57.3 cm³/mol. The summed E-state index contributed by atoms with van der Waals surface area (Å²) in [5, 5.41) is 0. The molecule has 0 aromatic carbocycles. The molecule has 0 aromatic heterocycles. The molecule has 0 saturated heterocycles. The van der Waals surface area contributed by atoms with Crippen molar-refractivity contribution in [3.63, 3.8) is 0 Å². The maximum Gasteiger partial charge on any atom is -0.0236 e. The van der Waals surface area contributed by atoms with Gasteiger partial charge in [0.1, 0.15) is 0 Å². The normalized spacial score (nSPS) is 12.3. The van der Waals surface area contributed by atoms with Gasteiger partial charge in [0.25, 0.3) is 0 Å². The third kappa shape index (κ3) is 4.38. The average Bonchev–Trinajstić information content (AvgIpc) is 2.05. The minimum atomic E-state index is 0.708. The SMILES string of the molecule is C=CC(CC)CCC(C)=C(C)C. The van der Waals surface area contributed by atoms with Crippen molar-refractivity contribution >= 4 is 0 Å². The molecule has 0 spiro atoms. The van der Waals surface area contributed by atoms with Gasteiger partial charge in [-0.1, -0.05) is 24.1 Å². The summed E-state index contributed by atoms with van der Waals surface area (Å²) in [4.78, 5) is 0. The summed E-state index contributed by atoms with van der Waals surface area (Å²) in [5.41, 5.74) is 3.00. The van der Waals surface area contributed by atoms with Crippen molar-refractivity contribution in [3.8, 4) is 0 Å². The minimum absolute atomic E-state index is 0.708. The molecule has 0 N–H and O–H groups in total. The predicted octanol–water partition coefficient (Wildman–Crippen LogP) is 4.34. The Morgan fingerprint density at radius 2 is 1.92 bits per heavy atom. The quantitative estimate of drug-likeness (QED) is 0.533. The molecule has 0 aliphatic rings. The highest BCUT2D eigenvalue weighted by Crippen LogP contribution is 2.17. The lowest BCUT2D eigenvalue weighted by Gasteiger charge is -2.10. The lowest BCUT2D eigenvalue weighted by Crippen LogP contribution is -1.94. The van der Waals surface area contributed by atoms with Crippen LogP contribution in [0.25, 0.3) is 0 Å². The summed E-state index contributed by atoms with van der Waals surface area (Å²) in [5.74, 6) is 0.708. The highest BCUT2D eigenvalue weighted by Gasteiger charge is 2.01. The van der Waals surface area contributed by atoms with E-state index < -0.39 is 0 Å². The van der Waals surface area contributed by atoms with E-state index in [0.29, 0.717) is 5.92 Å². The zero-order valence-corrected chi connectivity index (χ0v) is 8.98. The van der Waals surface area contributed by atoms with Gasteiger partial charge in [0.05, 0.1) is 0 Å². The first-order valence-electron chi connectivity index (χ1n) is 4.87. The van der Waals surface area contributed by atoms with E-state index in [9.17, 15) is 0 Å². The van der Waals surface area contributed by atoms with Crippen LogP contribution in [0, 0.1) is 5.92 Å². The molecule has 0 radical (unpaired) electrons. The van der Waals surface area contributed by atoms with Gasteiger partial charge in [-0.3, -0.25) is 0 Å². The minimum Gasteiger partial charge on any atom is -0.103 e. The van der Waals surface area contributed by atoms with Gasteiger partial charge >= 0.3 is 0 Å². The largest absolute Gasteiger partial charge is 0.103 e. The first-order chi connectivity index (χ1) is 5.61. The number of hydrogen-bond donors (Lipinski definition) is 0. The monoisotopic (exact) mass is 166 g/mol. The van der Waals surface area contributed by atoms with Crippen LogP contribution >= 0.6 is 0 Å². The van der Waals surface area contributed by atoms with E-state index in [4.69, 9.17) is 0 Å². The Hall–Kier alpha value is -0.520. The van der Waals surface area contributed by atoms with E-state index in [-0.39, 0.29) is 0 Å². The fourth-order valence-electron chi connectivity index (χ4n) is 1.14. The van der Waals surface area contributed by atoms with E-state index in [2.05, 4.69) is 40.3 Å². The maximum absolute atomic E-state index is 3.84. The van der Waals surface area contributed by atoms with Crippen LogP contribution in [-0.2, 0) is 0 Å². The first kappa shape index (κ1) is 11.5. The molecule has 1 atom stereocenters. The second kappa shape index (κ2) is 6.05. The molecule has 0 aliphatic heterocycles. The Bertz CT molecular complexity index is 159. The van der Waals surface area contributed by atoms with Crippen molar-refractivity contribution in [3.05, 3.63) is 23.8 Å². The summed E-state index contributed by atoms with van der Waals surface area (Å²) in [6, 6.07) is 0. The molecule has 0 nitrogen and oxygen atoms in total. The maximum atomic E-state index is 3.84. The molecule has 12 heavy (non-hydrogen) atoms. The van der Waals surface area contributed by atoms with Crippen molar-refractivity contribution in [2.45, 2.75) is 47.0 Å². The van der Waals surface area contributed by atoms with Gasteiger partial charge < -0.3 is 0 Å². The van der Waals surface area contributed by atoms with Gasteiger partial charge in [0, 0.05) is 0 Å². The smallest absolute Gasteiger partial charge is 0.0236 e. The average molecular weight is 166 g/mol. The molecule has 0 aliphatic carbocycles. The van der Waals surface area contributed by atoms with Crippen LogP contribution < -0.4 is 0 Å². The molecule has 0 heteroatoms. The Balaban J connectivity index is 3.82. The molecule has 0 amide bonds. The van der Waals surface area contributed by atoms with Gasteiger partial charge in [0.15, 0.2) is 0 Å². The molecular formula is C12H22. The molecule has 0 aromatic rings. The summed E-state index contributed by atoms with van der Waals surface area (Å²) < 4.78 is 0. The lowest BCUT2D eigenvalue weighted by atomic mass is 9.96. The third-order valence-electron chi connectivity index (χ3n) is 2.60. The molecule has 1 unspecified atom stereocenters. The van der Waals surface area contributed by atoms with Crippen LogP contribution in [0.5, 0.6) is 0 Å². The zero-order chi connectivity index (χ0) is 9.56. The topological polar surface area (TPSA) is 0 Å². The molecule has 0 heterocycles. The fraction of sp³-hybridized carbons (Fsp3) is 0.667. The van der Waals surface area contributed by atoms with Crippen molar-refractivity contribution in [1.29, 1.82) is 0 Å². The Labute approximate surface area is 77.4 Å². The van der Waals surface area contributed by atoms with E-state index in [1.165, 1.54) is 30.4 Å². The van der Waals surface area contributed by atoms with Gasteiger partial charge in [-0.05, 0) is 46.0 Å². The van der Waals surface area contributed by atoms with Crippen LogP contribution in [0.3, 0.4) is 0 Å². The second-order valence-corrected chi connectivity index (χ2v) is 3.72. The molecule has 0 bridgehead atoms. The van der Waals surface area contributed by atoms with Crippen molar-refractivity contribution in [2.24, 2.45) is 5.92 Å². The lowest BCUT2D eigenvalue weighted by molar-refractivity contribution is 0.570. The van der Waals surface area contributed by atoms with E-state index >= 15 is 0 Å². The third-order valence-corrected chi connectivity index (χ3v) is 2.60. The molecular weight excluding hydrogens is 144 g/mol. The first-order valence-corrected chi connectivity index (χ1v) is 4.87. The number of rotatable bonds is 5. The van der Waals surface area contributed by atoms with Gasteiger partial charge in [-0.2, -0.15) is 0 Å². The van der Waals surface area contributed by atoms with Crippen LogP contribution in [0.2, 0.25) is 0 Å². The summed E-state index contributed by atoms with van der Waals surface area (Å²) in [6.45, 7) is 12.7. The number of allylic oxidation sites excluding steroid dienone is 3. The van der Waals surface area contributed by atoms with Crippen LogP contribution in [-0.4, -0.2) is 0 Å². The second-order valence-electron chi connectivity index (χ2n) is 3.72. The standard InChI is InChI=1S/C12H22/c1-6-12(7-2)9-8-11(5)10(3)4/h6,12H,1,7-9H2,2-5H3. The molecule has 0 saturated carbocycles. The van der Waals surface area contributed by atoms with E-state index in [1.807, 2.05) is 0 Å².